The molecular weight excluding hydrogens is 466 g/mol. The molecule has 2 amide bonds. The maximum absolute atomic E-state index is 12.5. The van der Waals surface area contributed by atoms with Crippen LogP contribution in [-0.2, 0) is 9.59 Å². The average molecular weight is 494 g/mol. The van der Waals surface area contributed by atoms with Crippen LogP contribution in [0.1, 0.15) is 11.8 Å². The number of hydrogen-bond donors (Lipinski definition) is 2. The van der Waals surface area contributed by atoms with Gasteiger partial charge in [-0.1, -0.05) is 12.1 Å². The zero-order chi connectivity index (χ0) is 25.5. The molecule has 11 heteroatoms. The van der Waals surface area contributed by atoms with Gasteiger partial charge in [0.15, 0.2) is 0 Å². The normalized spacial score (nSPS) is 14.6. The van der Waals surface area contributed by atoms with Crippen molar-refractivity contribution in [2.75, 3.05) is 50.1 Å². The number of nitro benzene ring substituents is 1. The Morgan fingerprint density at radius 2 is 1.75 bits per heavy atom. The van der Waals surface area contributed by atoms with Crippen LogP contribution in [0.25, 0.3) is 0 Å². The Labute approximate surface area is 207 Å². The van der Waals surface area contributed by atoms with Crippen molar-refractivity contribution in [2.24, 2.45) is 0 Å². The lowest BCUT2D eigenvalue weighted by Gasteiger charge is -2.39. The van der Waals surface area contributed by atoms with Crippen LogP contribution in [0, 0.1) is 10.1 Å². The fraction of sp³-hybridized carbons (Fsp3) is 0.280. The number of hydrogen-bond acceptors (Lipinski definition) is 8. The van der Waals surface area contributed by atoms with Gasteiger partial charge in [-0.3, -0.25) is 24.6 Å². The summed E-state index contributed by atoms with van der Waals surface area (Å²) >= 11 is 0. The Balaban J connectivity index is 1.37. The monoisotopic (exact) mass is 493 g/mol. The van der Waals surface area contributed by atoms with Crippen LogP contribution in [-0.4, -0.2) is 61.5 Å². The summed E-state index contributed by atoms with van der Waals surface area (Å²) in [4.78, 5) is 39.9. The highest BCUT2D eigenvalue weighted by Gasteiger charge is 2.28. The first-order chi connectivity index (χ1) is 17.5. The van der Waals surface area contributed by atoms with Crippen LogP contribution >= 0.6 is 0 Å². The van der Waals surface area contributed by atoms with Gasteiger partial charge in [0.1, 0.15) is 17.2 Å². The summed E-state index contributed by atoms with van der Waals surface area (Å²) in [6.07, 6.45) is 1.57. The van der Waals surface area contributed by atoms with E-state index < -0.39 is 16.7 Å². The third-order valence-corrected chi connectivity index (χ3v) is 6.08. The zero-order valence-electron chi connectivity index (χ0n) is 19.8. The number of nitrogens with zero attached hydrogens (tertiary/aromatic N) is 3. The summed E-state index contributed by atoms with van der Waals surface area (Å²) in [6, 6.07) is 16.9. The molecule has 1 fully saturated rings. The van der Waals surface area contributed by atoms with Gasteiger partial charge in [0.25, 0.3) is 5.69 Å². The van der Waals surface area contributed by atoms with Gasteiger partial charge in [0.05, 0.1) is 24.3 Å². The van der Waals surface area contributed by atoms with Crippen LogP contribution in [0.5, 0.6) is 5.75 Å². The summed E-state index contributed by atoms with van der Waals surface area (Å²) in [6.45, 7) is 3.12. The van der Waals surface area contributed by atoms with Crippen molar-refractivity contribution in [1.82, 2.24) is 10.2 Å². The predicted molar refractivity (Wildman–Crippen MR) is 133 cm³/mol. The van der Waals surface area contributed by atoms with Gasteiger partial charge < -0.3 is 24.7 Å². The molecule has 0 bridgehead atoms. The van der Waals surface area contributed by atoms with Crippen molar-refractivity contribution in [2.45, 2.75) is 6.04 Å². The molecule has 0 aliphatic carbocycles. The second-order valence-corrected chi connectivity index (χ2v) is 8.19. The van der Waals surface area contributed by atoms with E-state index in [1.165, 1.54) is 18.2 Å². The third-order valence-electron chi connectivity index (χ3n) is 6.08. The molecule has 11 nitrogen and oxygen atoms in total. The largest absolute Gasteiger partial charge is 0.497 e. The molecule has 4 rings (SSSR count). The smallest absolute Gasteiger partial charge is 0.313 e. The Morgan fingerprint density at radius 3 is 2.39 bits per heavy atom. The number of nitro groups is 1. The Hall–Kier alpha value is -4.38. The number of nitrogens with one attached hydrogen (secondary N) is 2. The Bertz CT molecular complexity index is 1190. The van der Waals surface area contributed by atoms with Crippen LogP contribution in [0.15, 0.2) is 71.3 Å². The molecule has 188 valence electrons. The van der Waals surface area contributed by atoms with Gasteiger partial charge in [-0.2, -0.15) is 0 Å². The van der Waals surface area contributed by atoms with E-state index >= 15 is 0 Å². The van der Waals surface area contributed by atoms with E-state index in [2.05, 4.69) is 20.4 Å². The van der Waals surface area contributed by atoms with Gasteiger partial charge in [-0.05, 0) is 42.5 Å². The number of benzene rings is 2. The molecule has 2 aromatic carbocycles. The Morgan fingerprint density at radius 1 is 1.03 bits per heavy atom. The average Bonchev–Trinajstić information content (AvgIpc) is 3.44. The quantitative estimate of drug-likeness (QED) is 0.278. The number of carbonyl (C=O) groups excluding carboxylic acids is 2. The predicted octanol–water partition coefficient (Wildman–Crippen LogP) is 2.81. The van der Waals surface area contributed by atoms with Crippen molar-refractivity contribution < 1.29 is 23.7 Å². The number of piperazine rings is 1. The standard InChI is InChI=1S/C25H27N5O6/c1-35-19-10-8-18(9-11-19)28-12-14-29(15-13-28)22(23-7-4-16-36-23)17-26-24(31)25(32)27-20-5-2-3-6-21(20)30(33)34/h2-11,16,22H,12-15,17H2,1H3,(H,26,31)(H,27,32). The lowest BCUT2D eigenvalue weighted by molar-refractivity contribution is -0.383. The molecule has 0 spiro atoms. The van der Waals surface area contributed by atoms with Crippen molar-refractivity contribution in [3.63, 3.8) is 0 Å². The molecule has 0 radical (unpaired) electrons. The van der Waals surface area contributed by atoms with Crippen molar-refractivity contribution in [1.29, 1.82) is 0 Å². The molecule has 1 saturated heterocycles. The highest BCUT2D eigenvalue weighted by Crippen LogP contribution is 2.26. The summed E-state index contributed by atoms with van der Waals surface area (Å²) in [7, 11) is 1.64. The number of para-hydroxylation sites is 2. The van der Waals surface area contributed by atoms with Crippen LogP contribution in [0.4, 0.5) is 17.1 Å². The first kappa shape index (κ1) is 24.7. The van der Waals surface area contributed by atoms with Gasteiger partial charge in [0.2, 0.25) is 0 Å². The molecular formula is C25H27N5O6. The topological polar surface area (TPSA) is 130 Å². The molecule has 1 atom stereocenters. The minimum absolute atomic E-state index is 0.0418. The number of methoxy groups -OCH3 is 1. The molecule has 1 aromatic heterocycles. The second kappa shape index (κ2) is 11.4. The molecule has 3 aromatic rings. The highest BCUT2D eigenvalue weighted by atomic mass is 16.6. The van der Waals surface area contributed by atoms with E-state index in [1.807, 2.05) is 30.3 Å². The van der Waals surface area contributed by atoms with Crippen molar-refractivity contribution in [3.05, 3.63) is 82.8 Å². The zero-order valence-corrected chi connectivity index (χ0v) is 19.8. The van der Waals surface area contributed by atoms with E-state index in [0.717, 1.165) is 37.6 Å². The maximum atomic E-state index is 12.5. The third kappa shape index (κ3) is 5.81. The van der Waals surface area contributed by atoms with Gasteiger partial charge in [-0.25, -0.2) is 0 Å². The number of ether oxygens (including phenoxy) is 1. The van der Waals surface area contributed by atoms with Crippen molar-refractivity contribution >= 4 is 28.9 Å². The van der Waals surface area contributed by atoms with E-state index in [0.29, 0.717) is 5.76 Å². The lowest BCUT2D eigenvalue weighted by atomic mass is 10.1. The van der Waals surface area contributed by atoms with E-state index in [-0.39, 0.29) is 24.0 Å². The molecule has 2 N–H and O–H groups in total. The number of anilines is 2. The maximum Gasteiger partial charge on any atom is 0.313 e. The summed E-state index contributed by atoms with van der Waals surface area (Å²) in [5.74, 6) is -0.391. The minimum atomic E-state index is -0.980. The second-order valence-electron chi connectivity index (χ2n) is 8.19. The van der Waals surface area contributed by atoms with Crippen LogP contribution < -0.4 is 20.3 Å². The Kier molecular flexibility index (Phi) is 7.81. The number of amides is 2. The first-order valence-corrected chi connectivity index (χ1v) is 11.5. The molecule has 1 aliphatic heterocycles. The van der Waals surface area contributed by atoms with Crippen LogP contribution in [0.2, 0.25) is 0 Å². The molecule has 36 heavy (non-hydrogen) atoms. The number of carbonyl (C=O) groups is 2. The SMILES string of the molecule is COc1ccc(N2CCN(C(CNC(=O)C(=O)Nc3ccccc3[N+](=O)[O-])c3ccco3)CC2)cc1. The molecule has 2 heterocycles. The number of rotatable bonds is 8. The van der Waals surface area contributed by atoms with Gasteiger partial charge >= 0.3 is 11.8 Å². The van der Waals surface area contributed by atoms with E-state index in [1.54, 1.807) is 25.5 Å². The molecule has 1 unspecified atom stereocenters. The summed E-state index contributed by atoms with van der Waals surface area (Å²) < 4.78 is 10.8. The van der Waals surface area contributed by atoms with Gasteiger partial charge in [-0.15, -0.1) is 0 Å². The molecule has 0 saturated carbocycles. The first-order valence-electron chi connectivity index (χ1n) is 11.5. The van der Waals surface area contributed by atoms with E-state index in [4.69, 9.17) is 9.15 Å². The van der Waals surface area contributed by atoms with Crippen molar-refractivity contribution in [3.8, 4) is 5.75 Å². The summed E-state index contributed by atoms with van der Waals surface area (Å²) in [5.41, 5.74) is 0.770. The minimum Gasteiger partial charge on any atom is -0.497 e. The van der Waals surface area contributed by atoms with Crippen LogP contribution in [0.3, 0.4) is 0 Å². The summed E-state index contributed by atoms with van der Waals surface area (Å²) in [5, 5.41) is 16.1. The number of furan rings is 1. The molecule has 1 aliphatic rings. The van der Waals surface area contributed by atoms with Gasteiger partial charge in [0, 0.05) is 44.5 Å². The highest BCUT2D eigenvalue weighted by molar-refractivity contribution is 6.39. The lowest BCUT2D eigenvalue weighted by Crippen LogP contribution is -2.50. The fourth-order valence-corrected chi connectivity index (χ4v) is 4.16. The fourth-order valence-electron chi connectivity index (χ4n) is 4.16. The van der Waals surface area contributed by atoms with E-state index in [9.17, 15) is 19.7 Å².